The molecule has 0 fully saturated rings. The van der Waals surface area contributed by atoms with E-state index in [-0.39, 0.29) is 0 Å². The molecule has 2 heteroatoms. The first-order valence-electron chi connectivity index (χ1n) is 3.75. The summed E-state index contributed by atoms with van der Waals surface area (Å²) in [4.78, 5) is 0. The molecule has 1 N–H and O–H groups in total. The summed E-state index contributed by atoms with van der Waals surface area (Å²) in [5.74, 6) is 0. The zero-order chi connectivity index (χ0) is 8.81. The molecule has 0 aliphatic rings. The van der Waals surface area contributed by atoms with Gasteiger partial charge in [0, 0.05) is 6.42 Å². The van der Waals surface area contributed by atoms with E-state index in [0.29, 0.717) is 12.1 Å². The average molecular weight is 161 g/mol. The molecule has 0 spiro atoms. The van der Waals surface area contributed by atoms with Gasteiger partial charge in [0.2, 0.25) is 0 Å². The van der Waals surface area contributed by atoms with Gasteiger partial charge in [0.1, 0.15) is 0 Å². The van der Waals surface area contributed by atoms with Gasteiger partial charge in [-0.1, -0.05) is 41.6 Å². The zero-order valence-corrected chi connectivity index (χ0v) is 6.77. The van der Waals surface area contributed by atoms with Gasteiger partial charge in [-0.25, -0.2) is 0 Å². The minimum absolute atomic E-state index is 0.584. The van der Waals surface area contributed by atoms with Crippen LogP contribution < -0.4 is 0 Å². The van der Waals surface area contributed by atoms with Gasteiger partial charge in [0.25, 0.3) is 0 Å². The van der Waals surface area contributed by atoms with Crippen molar-refractivity contribution in [3.63, 3.8) is 0 Å². The third kappa shape index (κ3) is 1.95. The maximum atomic E-state index is 8.65. The topological polar surface area (TPSA) is 32.6 Å². The number of allylic oxidation sites excluding steroid dienone is 1. The summed E-state index contributed by atoms with van der Waals surface area (Å²) in [6.07, 6.45) is 2.29. The van der Waals surface area contributed by atoms with Crippen LogP contribution in [0, 0.1) is 0 Å². The Morgan fingerprint density at radius 2 is 2.08 bits per heavy atom. The van der Waals surface area contributed by atoms with E-state index in [9.17, 15) is 0 Å². The van der Waals surface area contributed by atoms with Crippen LogP contribution in [0.15, 0.2) is 48.1 Å². The van der Waals surface area contributed by atoms with Gasteiger partial charge in [-0.15, -0.1) is 6.58 Å². The molecule has 1 aromatic rings. The predicted octanol–water partition coefficient (Wildman–Crippen LogP) is 2.44. The Kier molecular flexibility index (Phi) is 3.08. The molecule has 0 amide bonds. The summed E-state index contributed by atoms with van der Waals surface area (Å²) in [5.41, 5.74) is 1.57. The highest BCUT2D eigenvalue weighted by molar-refractivity contribution is 6.00. The highest BCUT2D eigenvalue weighted by atomic mass is 16.4. The van der Waals surface area contributed by atoms with Crippen LogP contribution in [0.3, 0.4) is 0 Å². The van der Waals surface area contributed by atoms with Crippen molar-refractivity contribution < 1.29 is 5.21 Å². The summed E-state index contributed by atoms with van der Waals surface area (Å²) >= 11 is 0. The molecule has 1 rings (SSSR count). The monoisotopic (exact) mass is 161 g/mol. The van der Waals surface area contributed by atoms with Crippen molar-refractivity contribution in [3.8, 4) is 0 Å². The fraction of sp³-hybridized carbons (Fsp3) is 0.100. The van der Waals surface area contributed by atoms with Crippen LogP contribution in [0.25, 0.3) is 0 Å². The minimum atomic E-state index is 0.584. The van der Waals surface area contributed by atoms with Crippen LogP contribution in [0.1, 0.15) is 12.0 Å². The summed E-state index contributed by atoms with van der Waals surface area (Å²) < 4.78 is 0. The van der Waals surface area contributed by atoms with E-state index in [1.807, 2.05) is 30.3 Å². The van der Waals surface area contributed by atoms with Crippen LogP contribution in [0.4, 0.5) is 0 Å². The average Bonchev–Trinajstić information content (AvgIpc) is 2.15. The lowest BCUT2D eigenvalue weighted by Gasteiger charge is -1.99. The molecule has 0 saturated heterocycles. The molecule has 0 atom stereocenters. The molecule has 62 valence electrons. The van der Waals surface area contributed by atoms with Gasteiger partial charge in [-0.05, 0) is 5.56 Å². The van der Waals surface area contributed by atoms with Crippen LogP contribution in [-0.4, -0.2) is 10.9 Å². The Hall–Kier alpha value is -1.57. The lowest BCUT2D eigenvalue weighted by atomic mass is 10.1. The number of benzene rings is 1. The Morgan fingerprint density at radius 3 is 2.58 bits per heavy atom. The summed E-state index contributed by atoms with van der Waals surface area (Å²) in [6.45, 7) is 3.58. The molecule has 0 radical (unpaired) electrons. The smallest absolute Gasteiger partial charge is 0.0905 e. The fourth-order valence-electron chi connectivity index (χ4n) is 0.984. The third-order valence-electron chi connectivity index (χ3n) is 1.57. The standard InChI is InChI=1S/C10H11NO/c1-2-6-10(11-12)9-7-4-3-5-8-9/h2-5,7-8,12H,1,6H2/b11-10-. The van der Waals surface area contributed by atoms with E-state index in [1.54, 1.807) is 6.08 Å². The Bertz CT molecular complexity index is 277. The van der Waals surface area contributed by atoms with Gasteiger partial charge < -0.3 is 5.21 Å². The van der Waals surface area contributed by atoms with Crippen molar-refractivity contribution in [2.75, 3.05) is 0 Å². The molecule has 0 aliphatic carbocycles. The summed E-state index contributed by atoms with van der Waals surface area (Å²) in [6, 6.07) is 9.54. The van der Waals surface area contributed by atoms with Gasteiger partial charge in [-0.3, -0.25) is 0 Å². The highest BCUT2D eigenvalue weighted by Crippen LogP contribution is 2.04. The van der Waals surface area contributed by atoms with E-state index in [4.69, 9.17) is 5.21 Å². The van der Waals surface area contributed by atoms with Crippen molar-refractivity contribution >= 4 is 5.71 Å². The Balaban J connectivity index is 2.88. The van der Waals surface area contributed by atoms with Crippen LogP contribution in [0.5, 0.6) is 0 Å². The van der Waals surface area contributed by atoms with Crippen molar-refractivity contribution in [1.82, 2.24) is 0 Å². The zero-order valence-electron chi connectivity index (χ0n) is 6.77. The molecule has 0 unspecified atom stereocenters. The lowest BCUT2D eigenvalue weighted by Crippen LogP contribution is -1.98. The Morgan fingerprint density at radius 1 is 1.42 bits per heavy atom. The number of nitrogens with zero attached hydrogens (tertiary/aromatic N) is 1. The molecule has 0 saturated carbocycles. The molecular weight excluding hydrogens is 150 g/mol. The molecule has 0 bridgehead atoms. The maximum absolute atomic E-state index is 8.65. The number of hydrogen-bond donors (Lipinski definition) is 1. The molecule has 2 nitrogen and oxygen atoms in total. The number of oxime groups is 1. The summed E-state index contributed by atoms with van der Waals surface area (Å²) in [5, 5.41) is 11.8. The van der Waals surface area contributed by atoms with Crippen molar-refractivity contribution in [3.05, 3.63) is 48.6 Å². The first kappa shape index (κ1) is 8.53. The van der Waals surface area contributed by atoms with Crippen LogP contribution in [0.2, 0.25) is 0 Å². The van der Waals surface area contributed by atoms with E-state index in [1.165, 1.54) is 0 Å². The predicted molar refractivity (Wildman–Crippen MR) is 49.6 cm³/mol. The third-order valence-corrected chi connectivity index (χ3v) is 1.57. The van der Waals surface area contributed by atoms with Crippen LogP contribution >= 0.6 is 0 Å². The molecule has 1 aromatic carbocycles. The largest absolute Gasteiger partial charge is 0.411 e. The maximum Gasteiger partial charge on any atom is 0.0905 e. The quantitative estimate of drug-likeness (QED) is 0.314. The fourth-order valence-corrected chi connectivity index (χ4v) is 0.984. The summed E-state index contributed by atoms with van der Waals surface area (Å²) in [7, 11) is 0. The lowest BCUT2D eigenvalue weighted by molar-refractivity contribution is 0.318. The second-order valence-electron chi connectivity index (χ2n) is 2.41. The van der Waals surface area contributed by atoms with E-state index < -0.39 is 0 Å². The SMILES string of the molecule is C=CC/C(=N/O)c1ccccc1. The molecular formula is C10H11NO. The first-order valence-corrected chi connectivity index (χ1v) is 3.75. The minimum Gasteiger partial charge on any atom is -0.411 e. The highest BCUT2D eigenvalue weighted by Gasteiger charge is 1.99. The van der Waals surface area contributed by atoms with Gasteiger partial charge >= 0.3 is 0 Å². The van der Waals surface area contributed by atoms with Gasteiger partial charge in [0.05, 0.1) is 5.71 Å². The first-order chi connectivity index (χ1) is 5.88. The molecule has 0 aromatic heterocycles. The van der Waals surface area contributed by atoms with Crippen molar-refractivity contribution in [2.45, 2.75) is 6.42 Å². The van der Waals surface area contributed by atoms with E-state index in [2.05, 4.69) is 11.7 Å². The molecule has 0 heterocycles. The van der Waals surface area contributed by atoms with E-state index in [0.717, 1.165) is 5.56 Å². The normalized spacial score (nSPS) is 11.2. The van der Waals surface area contributed by atoms with Crippen LogP contribution in [-0.2, 0) is 0 Å². The van der Waals surface area contributed by atoms with Gasteiger partial charge in [-0.2, -0.15) is 0 Å². The van der Waals surface area contributed by atoms with Gasteiger partial charge in [0.15, 0.2) is 0 Å². The molecule has 0 aliphatic heterocycles. The Labute approximate surface area is 71.8 Å². The number of rotatable bonds is 3. The van der Waals surface area contributed by atoms with Crippen molar-refractivity contribution in [2.24, 2.45) is 5.16 Å². The second-order valence-corrected chi connectivity index (χ2v) is 2.41. The van der Waals surface area contributed by atoms with Crippen molar-refractivity contribution in [1.29, 1.82) is 0 Å². The van der Waals surface area contributed by atoms with E-state index >= 15 is 0 Å². The second kappa shape index (κ2) is 4.34. The molecule has 12 heavy (non-hydrogen) atoms. The number of hydrogen-bond acceptors (Lipinski definition) is 2.